The first-order valence-corrected chi connectivity index (χ1v) is 11.5. The summed E-state index contributed by atoms with van der Waals surface area (Å²) in [7, 11) is 0. The van der Waals surface area contributed by atoms with Crippen LogP contribution in [-0.2, 0) is 4.74 Å². The fourth-order valence-electron chi connectivity index (χ4n) is 4.23. The first-order valence-electron chi connectivity index (χ1n) is 10.6. The first-order chi connectivity index (χ1) is 15.3. The Bertz CT molecular complexity index is 1020. The van der Waals surface area contributed by atoms with Crippen LogP contribution in [0.3, 0.4) is 0 Å². The molecule has 2 saturated heterocycles. The van der Waals surface area contributed by atoms with Gasteiger partial charge in [0.1, 0.15) is 5.69 Å². The number of morpholine rings is 1. The van der Waals surface area contributed by atoms with E-state index in [1.807, 2.05) is 28.6 Å². The van der Waals surface area contributed by atoms with E-state index < -0.39 is 0 Å². The quantitative estimate of drug-likeness (QED) is 0.622. The lowest BCUT2D eigenvalue weighted by molar-refractivity contribution is 0.0701. The molecule has 31 heavy (non-hydrogen) atoms. The van der Waals surface area contributed by atoms with Gasteiger partial charge in [-0.15, -0.1) is 11.3 Å². The van der Waals surface area contributed by atoms with E-state index >= 15 is 0 Å². The Labute approximate surface area is 184 Å². The van der Waals surface area contributed by atoms with Crippen molar-refractivity contribution in [3.63, 3.8) is 0 Å². The molecule has 3 aromatic heterocycles. The summed E-state index contributed by atoms with van der Waals surface area (Å²) in [5.74, 6) is 0.875. The number of carbonyl (C=O) groups is 1. The summed E-state index contributed by atoms with van der Waals surface area (Å²) in [4.78, 5) is 35.1. The molecule has 0 radical (unpaired) electrons. The number of ether oxygens (including phenoxy) is 1. The molecule has 2 aliphatic heterocycles. The summed E-state index contributed by atoms with van der Waals surface area (Å²) in [6.45, 7) is 4.32. The second-order valence-electron chi connectivity index (χ2n) is 7.77. The van der Waals surface area contributed by atoms with Gasteiger partial charge < -0.3 is 14.5 Å². The van der Waals surface area contributed by atoms with Crippen molar-refractivity contribution in [2.45, 2.75) is 18.8 Å². The van der Waals surface area contributed by atoms with Crippen LogP contribution >= 0.6 is 11.3 Å². The molecule has 5 rings (SSSR count). The Kier molecular flexibility index (Phi) is 5.86. The molecule has 1 atom stereocenters. The third kappa shape index (κ3) is 4.28. The SMILES string of the molecule is O=C(c1cscn1)N1CCC[C@@H](c2nc(N3CCOCC3)ncc2-c2ccncc2)C1. The van der Waals surface area contributed by atoms with Crippen LogP contribution in [0.5, 0.6) is 0 Å². The van der Waals surface area contributed by atoms with Gasteiger partial charge in [-0.05, 0) is 30.5 Å². The monoisotopic (exact) mass is 436 g/mol. The van der Waals surface area contributed by atoms with Crippen LogP contribution < -0.4 is 4.90 Å². The van der Waals surface area contributed by atoms with Gasteiger partial charge in [0.2, 0.25) is 5.95 Å². The van der Waals surface area contributed by atoms with Crippen molar-refractivity contribution in [2.75, 3.05) is 44.3 Å². The number of pyridine rings is 1. The minimum absolute atomic E-state index is 0.00105. The van der Waals surface area contributed by atoms with Crippen LogP contribution in [0.2, 0.25) is 0 Å². The predicted molar refractivity (Wildman–Crippen MR) is 118 cm³/mol. The fourth-order valence-corrected chi connectivity index (χ4v) is 4.76. The average Bonchev–Trinajstić information content (AvgIpc) is 3.39. The summed E-state index contributed by atoms with van der Waals surface area (Å²) in [6, 6.07) is 3.97. The highest BCUT2D eigenvalue weighted by Gasteiger charge is 2.30. The van der Waals surface area contributed by atoms with Crippen molar-refractivity contribution in [3.05, 3.63) is 53.0 Å². The Morgan fingerprint density at radius 3 is 2.74 bits per heavy atom. The molecule has 0 aliphatic carbocycles. The fraction of sp³-hybridized carbons (Fsp3) is 0.409. The van der Waals surface area contributed by atoms with Gasteiger partial charge in [-0.2, -0.15) is 0 Å². The molecular weight excluding hydrogens is 412 g/mol. The molecular formula is C22H24N6O2S. The van der Waals surface area contributed by atoms with Crippen LogP contribution in [0.1, 0.15) is 34.9 Å². The number of anilines is 1. The summed E-state index contributed by atoms with van der Waals surface area (Å²) in [5.41, 5.74) is 5.28. The topological polar surface area (TPSA) is 84.3 Å². The van der Waals surface area contributed by atoms with Crippen molar-refractivity contribution in [2.24, 2.45) is 0 Å². The second kappa shape index (κ2) is 9.07. The van der Waals surface area contributed by atoms with Gasteiger partial charge in [0.15, 0.2) is 0 Å². The van der Waals surface area contributed by atoms with Gasteiger partial charge in [0.25, 0.3) is 5.91 Å². The number of rotatable bonds is 4. The van der Waals surface area contributed by atoms with E-state index in [1.54, 1.807) is 17.9 Å². The molecule has 160 valence electrons. The van der Waals surface area contributed by atoms with E-state index in [0.29, 0.717) is 25.5 Å². The first kappa shape index (κ1) is 20.0. The predicted octanol–water partition coefficient (Wildman–Crippen LogP) is 2.85. The minimum atomic E-state index is -0.00105. The van der Waals surface area contributed by atoms with E-state index in [-0.39, 0.29) is 11.8 Å². The molecule has 0 unspecified atom stereocenters. The van der Waals surface area contributed by atoms with Crippen molar-refractivity contribution in [3.8, 4) is 11.1 Å². The normalized spacial score (nSPS) is 19.4. The molecule has 2 fully saturated rings. The largest absolute Gasteiger partial charge is 0.378 e. The zero-order valence-corrected chi connectivity index (χ0v) is 18.0. The van der Waals surface area contributed by atoms with Crippen LogP contribution in [0.4, 0.5) is 5.95 Å². The summed E-state index contributed by atoms with van der Waals surface area (Å²) in [5, 5.41) is 1.82. The van der Waals surface area contributed by atoms with Gasteiger partial charge in [-0.3, -0.25) is 9.78 Å². The van der Waals surface area contributed by atoms with E-state index in [0.717, 1.165) is 55.2 Å². The summed E-state index contributed by atoms with van der Waals surface area (Å²) < 4.78 is 5.48. The molecule has 0 bridgehead atoms. The zero-order chi connectivity index (χ0) is 21.0. The Morgan fingerprint density at radius 2 is 1.97 bits per heavy atom. The zero-order valence-electron chi connectivity index (χ0n) is 17.2. The number of thiazole rings is 1. The van der Waals surface area contributed by atoms with Crippen molar-refractivity contribution >= 4 is 23.2 Å². The molecule has 9 heteroatoms. The Balaban J connectivity index is 1.48. The second-order valence-corrected chi connectivity index (χ2v) is 8.49. The number of hydrogen-bond donors (Lipinski definition) is 0. The molecule has 8 nitrogen and oxygen atoms in total. The van der Waals surface area contributed by atoms with Crippen LogP contribution in [-0.4, -0.2) is 70.1 Å². The number of piperidine rings is 1. The maximum atomic E-state index is 12.9. The number of nitrogens with zero attached hydrogens (tertiary/aromatic N) is 6. The Morgan fingerprint density at radius 1 is 1.13 bits per heavy atom. The summed E-state index contributed by atoms with van der Waals surface area (Å²) in [6.07, 6.45) is 7.41. The third-order valence-corrected chi connectivity index (χ3v) is 6.42. The van der Waals surface area contributed by atoms with Gasteiger partial charge in [0, 0.05) is 61.6 Å². The van der Waals surface area contributed by atoms with E-state index in [9.17, 15) is 4.79 Å². The third-order valence-electron chi connectivity index (χ3n) is 5.84. The van der Waals surface area contributed by atoms with Crippen molar-refractivity contribution < 1.29 is 9.53 Å². The molecule has 0 spiro atoms. The Hall–Kier alpha value is -2.91. The highest BCUT2D eigenvalue weighted by molar-refractivity contribution is 7.07. The molecule has 3 aromatic rings. The van der Waals surface area contributed by atoms with Crippen molar-refractivity contribution in [1.29, 1.82) is 0 Å². The minimum Gasteiger partial charge on any atom is -0.378 e. The lowest BCUT2D eigenvalue weighted by Gasteiger charge is -2.34. The van der Waals surface area contributed by atoms with Gasteiger partial charge >= 0.3 is 0 Å². The number of hydrogen-bond acceptors (Lipinski definition) is 8. The number of carbonyl (C=O) groups excluding carboxylic acids is 1. The van der Waals surface area contributed by atoms with E-state index in [2.05, 4.69) is 19.9 Å². The van der Waals surface area contributed by atoms with Gasteiger partial charge in [-0.1, -0.05) is 0 Å². The van der Waals surface area contributed by atoms with Crippen LogP contribution in [0, 0.1) is 0 Å². The van der Waals surface area contributed by atoms with E-state index in [1.165, 1.54) is 11.3 Å². The maximum Gasteiger partial charge on any atom is 0.273 e. The average molecular weight is 437 g/mol. The lowest BCUT2D eigenvalue weighted by atomic mass is 9.90. The van der Waals surface area contributed by atoms with Crippen LogP contribution in [0.25, 0.3) is 11.1 Å². The summed E-state index contributed by atoms with van der Waals surface area (Å²) >= 11 is 1.45. The van der Waals surface area contributed by atoms with E-state index in [4.69, 9.17) is 9.72 Å². The van der Waals surface area contributed by atoms with Crippen molar-refractivity contribution in [1.82, 2.24) is 24.8 Å². The highest BCUT2D eigenvalue weighted by Crippen LogP contribution is 2.34. The molecule has 2 aliphatic rings. The van der Waals surface area contributed by atoms with Crippen LogP contribution in [0.15, 0.2) is 41.6 Å². The number of aromatic nitrogens is 4. The van der Waals surface area contributed by atoms with Gasteiger partial charge in [0.05, 0.1) is 24.4 Å². The number of amides is 1. The lowest BCUT2D eigenvalue weighted by Crippen LogP contribution is -2.40. The molecule has 0 saturated carbocycles. The number of likely N-dealkylation sites (tertiary alicyclic amines) is 1. The molecule has 5 heterocycles. The standard InChI is InChI=1S/C22H24N6O2S/c29-21(19-14-31-15-25-19)28-7-1-2-17(13-28)20-18(16-3-5-23-6-4-16)12-24-22(26-20)27-8-10-30-11-9-27/h3-6,12,14-15,17H,1-2,7-11,13H2/t17-/m1/s1. The molecule has 0 N–H and O–H groups in total. The highest BCUT2D eigenvalue weighted by atomic mass is 32.1. The molecule has 0 aromatic carbocycles. The maximum absolute atomic E-state index is 12.9. The van der Waals surface area contributed by atoms with Gasteiger partial charge in [-0.25, -0.2) is 15.0 Å². The smallest absolute Gasteiger partial charge is 0.273 e. The molecule has 1 amide bonds.